The second-order valence-corrected chi connectivity index (χ2v) is 4.00. The van der Waals surface area contributed by atoms with E-state index in [2.05, 4.69) is 0 Å². The van der Waals surface area contributed by atoms with Gasteiger partial charge in [0.25, 0.3) is 5.69 Å². The molecule has 6 nitrogen and oxygen atoms in total. The summed E-state index contributed by atoms with van der Waals surface area (Å²) in [7, 11) is 0. The summed E-state index contributed by atoms with van der Waals surface area (Å²) in [5, 5.41) is 10.5. The van der Waals surface area contributed by atoms with E-state index in [0.29, 0.717) is 19.5 Å². The van der Waals surface area contributed by atoms with Crippen LogP contribution in [0.1, 0.15) is 18.9 Å². The van der Waals surface area contributed by atoms with Crippen molar-refractivity contribution < 1.29 is 9.72 Å². The first-order chi connectivity index (χ1) is 8.54. The van der Waals surface area contributed by atoms with Crippen LogP contribution in [0.3, 0.4) is 0 Å². The van der Waals surface area contributed by atoms with Gasteiger partial charge >= 0.3 is 6.03 Å². The zero-order chi connectivity index (χ0) is 13.5. The molecule has 2 amide bonds. The lowest BCUT2D eigenvalue weighted by Crippen LogP contribution is -2.37. The van der Waals surface area contributed by atoms with Crippen molar-refractivity contribution >= 4 is 11.7 Å². The van der Waals surface area contributed by atoms with Crippen LogP contribution in [-0.4, -0.2) is 28.9 Å². The molecule has 0 saturated carbocycles. The third kappa shape index (κ3) is 4.04. The molecule has 0 bridgehead atoms. The molecule has 6 heteroatoms. The molecule has 0 fully saturated rings. The number of urea groups is 1. The highest BCUT2D eigenvalue weighted by molar-refractivity contribution is 5.71. The Morgan fingerprint density at radius 1 is 1.33 bits per heavy atom. The molecule has 0 radical (unpaired) electrons. The summed E-state index contributed by atoms with van der Waals surface area (Å²) >= 11 is 0. The van der Waals surface area contributed by atoms with Crippen LogP contribution in [0.15, 0.2) is 24.3 Å². The first-order valence-corrected chi connectivity index (χ1v) is 5.82. The third-order valence-electron chi connectivity index (χ3n) is 2.62. The average Bonchev–Trinajstić information content (AvgIpc) is 2.34. The van der Waals surface area contributed by atoms with E-state index >= 15 is 0 Å². The molecule has 0 aliphatic heterocycles. The third-order valence-corrected chi connectivity index (χ3v) is 2.62. The molecule has 0 aliphatic rings. The first-order valence-electron chi connectivity index (χ1n) is 5.82. The van der Waals surface area contributed by atoms with Crippen LogP contribution >= 0.6 is 0 Å². The van der Waals surface area contributed by atoms with E-state index in [9.17, 15) is 14.9 Å². The number of carbonyl (C=O) groups is 1. The lowest BCUT2D eigenvalue weighted by Gasteiger charge is -2.19. The Morgan fingerprint density at radius 2 is 1.94 bits per heavy atom. The minimum Gasteiger partial charge on any atom is -0.351 e. The summed E-state index contributed by atoms with van der Waals surface area (Å²) in [6, 6.07) is 5.89. The Morgan fingerprint density at radius 3 is 2.39 bits per heavy atom. The highest BCUT2D eigenvalue weighted by Gasteiger charge is 2.09. The second kappa shape index (κ2) is 6.58. The van der Waals surface area contributed by atoms with Crippen molar-refractivity contribution in [3.05, 3.63) is 39.9 Å². The number of carbonyl (C=O) groups excluding carboxylic acids is 1. The Balaban J connectivity index is 2.56. The summed E-state index contributed by atoms with van der Waals surface area (Å²) in [5.74, 6) is 0. The Hall–Kier alpha value is -2.11. The van der Waals surface area contributed by atoms with Crippen molar-refractivity contribution in [1.82, 2.24) is 4.90 Å². The number of nitro groups is 1. The first kappa shape index (κ1) is 14.0. The van der Waals surface area contributed by atoms with E-state index in [1.165, 1.54) is 12.1 Å². The number of primary amides is 1. The zero-order valence-electron chi connectivity index (χ0n) is 10.3. The van der Waals surface area contributed by atoms with Gasteiger partial charge in [0.15, 0.2) is 0 Å². The van der Waals surface area contributed by atoms with Gasteiger partial charge in [-0.2, -0.15) is 0 Å². The quantitative estimate of drug-likeness (QED) is 0.618. The number of rotatable bonds is 6. The molecule has 0 aromatic heterocycles. The highest BCUT2D eigenvalue weighted by Crippen LogP contribution is 2.12. The largest absolute Gasteiger partial charge is 0.351 e. The van der Waals surface area contributed by atoms with Crippen LogP contribution in [0.5, 0.6) is 0 Å². The molecule has 0 heterocycles. The maximum atomic E-state index is 11.1. The van der Waals surface area contributed by atoms with Gasteiger partial charge in [0.2, 0.25) is 0 Å². The molecule has 1 aromatic rings. The van der Waals surface area contributed by atoms with E-state index < -0.39 is 11.0 Å². The predicted molar refractivity (Wildman–Crippen MR) is 68.2 cm³/mol. The molecule has 0 spiro atoms. The number of hydrogen-bond donors (Lipinski definition) is 1. The van der Waals surface area contributed by atoms with Crippen LogP contribution < -0.4 is 5.73 Å². The highest BCUT2D eigenvalue weighted by atomic mass is 16.6. The Kier molecular flexibility index (Phi) is 5.10. The van der Waals surface area contributed by atoms with Crippen molar-refractivity contribution in [2.45, 2.75) is 19.8 Å². The van der Waals surface area contributed by atoms with Gasteiger partial charge in [0.1, 0.15) is 0 Å². The van der Waals surface area contributed by atoms with Crippen LogP contribution in [0.4, 0.5) is 10.5 Å². The summed E-state index contributed by atoms with van der Waals surface area (Å²) in [6.45, 7) is 3.13. The van der Waals surface area contributed by atoms with Gasteiger partial charge in [-0.3, -0.25) is 10.1 Å². The topological polar surface area (TPSA) is 89.5 Å². The monoisotopic (exact) mass is 251 g/mol. The molecule has 98 valence electrons. The van der Waals surface area contributed by atoms with Crippen LogP contribution in [0.2, 0.25) is 0 Å². The second-order valence-electron chi connectivity index (χ2n) is 4.00. The molecule has 1 aromatic carbocycles. The number of hydrogen-bond acceptors (Lipinski definition) is 3. The number of nitrogens with two attached hydrogens (primary N) is 1. The molecular weight excluding hydrogens is 234 g/mol. The van der Waals surface area contributed by atoms with E-state index in [1.54, 1.807) is 17.0 Å². The molecule has 0 unspecified atom stereocenters. The molecule has 2 N–H and O–H groups in total. The average molecular weight is 251 g/mol. The minimum atomic E-state index is -0.434. The molecule has 0 saturated heterocycles. The fraction of sp³-hybridized carbons (Fsp3) is 0.417. The zero-order valence-corrected chi connectivity index (χ0v) is 10.3. The van der Waals surface area contributed by atoms with Gasteiger partial charge in [-0.25, -0.2) is 4.79 Å². The number of amides is 2. The summed E-state index contributed by atoms with van der Waals surface area (Å²) < 4.78 is 0. The van der Waals surface area contributed by atoms with Crippen LogP contribution in [0.25, 0.3) is 0 Å². The van der Waals surface area contributed by atoms with Crippen molar-refractivity contribution in [2.24, 2.45) is 5.73 Å². The minimum absolute atomic E-state index is 0.0686. The predicted octanol–water partition coefficient (Wildman–Crippen LogP) is 1.93. The maximum absolute atomic E-state index is 11.1. The van der Waals surface area contributed by atoms with Crippen LogP contribution in [0, 0.1) is 10.1 Å². The van der Waals surface area contributed by atoms with Crippen molar-refractivity contribution in [2.75, 3.05) is 13.1 Å². The fourth-order valence-corrected chi connectivity index (χ4v) is 1.65. The van der Waals surface area contributed by atoms with Crippen molar-refractivity contribution in [1.29, 1.82) is 0 Å². The Bertz CT molecular complexity index is 417. The SMILES string of the molecule is CCCN(CCc1ccc([N+](=O)[O-])cc1)C(N)=O. The lowest BCUT2D eigenvalue weighted by atomic mass is 10.1. The molecule has 18 heavy (non-hydrogen) atoms. The van der Waals surface area contributed by atoms with Gasteiger partial charge in [0, 0.05) is 25.2 Å². The van der Waals surface area contributed by atoms with Gasteiger partial charge < -0.3 is 10.6 Å². The molecule has 1 rings (SSSR count). The normalized spacial score (nSPS) is 10.1. The van der Waals surface area contributed by atoms with Crippen molar-refractivity contribution in [3.8, 4) is 0 Å². The van der Waals surface area contributed by atoms with E-state index in [0.717, 1.165) is 12.0 Å². The summed E-state index contributed by atoms with van der Waals surface area (Å²) in [4.78, 5) is 22.7. The lowest BCUT2D eigenvalue weighted by molar-refractivity contribution is -0.384. The van der Waals surface area contributed by atoms with Gasteiger partial charge in [-0.15, -0.1) is 0 Å². The standard InChI is InChI=1S/C12H17N3O3/c1-2-8-14(12(13)16)9-7-10-3-5-11(6-4-10)15(17)18/h3-6H,2,7-9H2,1H3,(H2,13,16). The van der Waals surface area contributed by atoms with E-state index in [4.69, 9.17) is 5.73 Å². The van der Waals surface area contributed by atoms with Crippen molar-refractivity contribution in [3.63, 3.8) is 0 Å². The van der Waals surface area contributed by atoms with Gasteiger partial charge in [-0.05, 0) is 18.4 Å². The van der Waals surface area contributed by atoms with Crippen LogP contribution in [-0.2, 0) is 6.42 Å². The fourth-order valence-electron chi connectivity index (χ4n) is 1.65. The van der Waals surface area contributed by atoms with Gasteiger partial charge in [0.05, 0.1) is 4.92 Å². The number of nitrogens with zero attached hydrogens (tertiary/aromatic N) is 2. The number of nitro benzene ring substituents is 1. The maximum Gasteiger partial charge on any atom is 0.314 e. The van der Waals surface area contributed by atoms with E-state index in [1.807, 2.05) is 6.92 Å². The smallest absolute Gasteiger partial charge is 0.314 e. The number of non-ortho nitro benzene ring substituents is 1. The Labute approximate surface area is 106 Å². The molecule has 0 aliphatic carbocycles. The summed E-state index contributed by atoms with van der Waals surface area (Å²) in [6.07, 6.45) is 1.49. The van der Waals surface area contributed by atoms with Gasteiger partial charge in [-0.1, -0.05) is 19.1 Å². The number of benzene rings is 1. The van der Waals surface area contributed by atoms with E-state index in [-0.39, 0.29) is 5.69 Å². The summed E-state index contributed by atoms with van der Waals surface area (Å²) in [5.41, 5.74) is 6.26. The molecular formula is C12H17N3O3. The molecule has 0 atom stereocenters.